The molecule has 4 heteroatoms. The van der Waals surface area contributed by atoms with Crippen molar-refractivity contribution in [2.75, 3.05) is 13.1 Å². The summed E-state index contributed by atoms with van der Waals surface area (Å²) in [6.45, 7) is 4.67. The Hall–Kier alpha value is -0.610. The van der Waals surface area contributed by atoms with Crippen LogP contribution in [0.5, 0.6) is 0 Å². The van der Waals surface area contributed by atoms with Crippen molar-refractivity contribution in [2.45, 2.75) is 32.8 Å². The Bertz CT molecular complexity index is 147. The molecule has 0 aromatic heterocycles. The highest BCUT2D eigenvalue weighted by atomic mass is 16.3. The van der Waals surface area contributed by atoms with Crippen molar-refractivity contribution in [3.63, 3.8) is 0 Å². The molecule has 4 N–H and O–H groups in total. The number of nitrogens with one attached hydrogen (secondary N) is 1. The predicted octanol–water partition coefficient (Wildman–Crippen LogP) is -0.142. The van der Waals surface area contributed by atoms with Crippen LogP contribution in [0.2, 0.25) is 0 Å². The van der Waals surface area contributed by atoms with E-state index in [4.69, 9.17) is 5.73 Å². The van der Waals surface area contributed by atoms with Crippen LogP contribution in [0.3, 0.4) is 0 Å². The first-order valence-corrected chi connectivity index (χ1v) is 4.78. The summed E-state index contributed by atoms with van der Waals surface area (Å²) in [4.78, 5) is 10.4. The lowest BCUT2D eigenvalue weighted by atomic mass is 9.97. The molecule has 0 aromatic carbocycles. The fourth-order valence-corrected chi connectivity index (χ4v) is 1.34. The SMILES string of the molecule is CCC(CC)C(O)CNCC(N)=O. The number of amides is 1. The topological polar surface area (TPSA) is 75.3 Å². The maximum absolute atomic E-state index is 10.4. The monoisotopic (exact) mass is 188 g/mol. The summed E-state index contributed by atoms with van der Waals surface area (Å²) in [6, 6.07) is 0. The van der Waals surface area contributed by atoms with Gasteiger partial charge in [-0.05, 0) is 5.92 Å². The quantitative estimate of drug-likeness (QED) is 0.520. The third-order valence-corrected chi connectivity index (χ3v) is 2.25. The number of hydrogen-bond donors (Lipinski definition) is 3. The van der Waals surface area contributed by atoms with Crippen LogP contribution in [-0.4, -0.2) is 30.2 Å². The van der Waals surface area contributed by atoms with Crippen LogP contribution in [0.25, 0.3) is 0 Å². The van der Waals surface area contributed by atoms with E-state index in [0.717, 1.165) is 12.8 Å². The van der Waals surface area contributed by atoms with E-state index >= 15 is 0 Å². The Morgan fingerprint density at radius 2 is 2.00 bits per heavy atom. The number of aliphatic hydroxyl groups excluding tert-OH is 1. The Balaban J connectivity index is 3.59. The zero-order valence-electron chi connectivity index (χ0n) is 8.42. The minimum atomic E-state index is -0.392. The van der Waals surface area contributed by atoms with Crippen LogP contribution in [0.1, 0.15) is 26.7 Å². The fraction of sp³-hybridized carbons (Fsp3) is 0.889. The van der Waals surface area contributed by atoms with Crippen LogP contribution < -0.4 is 11.1 Å². The average molecular weight is 188 g/mol. The van der Waals surface area contributed by atoms with Gasteiger partial charge < -0.3 is 16.2 Å². The van der Waals surface area contributed by atoms with Crippen molar-refractivity contribution >= 4 is 5.91 Å². The highest BCUT2D eigenvalue weighted by Gasteiger charge is 2.14. The lowest BCUT2D eigenvalue weighted by Gasteiger charge is -2.19. The van der Waals surface area contributed by atoms with Gasteiger partial charge in [-0.25, -0.2) is 0 Å². The highest BCUT2D eigenvalue weighted by Crippen LogP contribution is 2.11. The van der Waals surface area contributed by atoms with Crippen LogP contribution >= 0.6 is 0 Å². The minimum absolute atomic E-state index is 0.136. The van der Waals surface area contributed by atoms with E-state index in [2.05, 4.69) is 5.32 Å². The van der Waals surface area contributed by atoms with Gasteiger partial charge in [0.05, 0.1) is 12.6 Å². The lowest BCUT2D eigenvalue weighted by molar-refractivity contribution is -0.117. The third-order valence-electron chi connectivity index (χ3n) is 2.25. The average Bonchev–Trinajstić information content (AvgIpc) is 2.05. The van der Waals surface area contributed by atoms with Gasteiger partial charge in [0.25, 0.3) is 0 Å². The molecule has 4 nitrogen and oxygen atoms in total. The molecular weight excluding hydrogens is 168 g/mol. The molecule has 0 spiro atoms. The first kappa shape index (κ1) is 12.4. The molecule has 1 amide bonds. The molecule has 0 saturated carbocycles. The van der Waals surface area contributed by atoms with E-state index in [9.17, 15) is 9.90 Å². The molecule has 0 bridgehead atoms. The lowest BCUT2D eigenvalue weighted by Crippen LogP contribution is -2.37. The number of carbonyl (C=O) groups is 1. The number of hydrogen-bond acceptors (Lipinski definition) is 3. The van der Waals surface area contributed by atoms with Crippen LogP contribution in [0.15, 0.2) is 0 Å². The van der Waals surface area contributed by atoms with Crippen molar-refractivity contribution in [1.82, 2.24) is 5.32 Å². The van der Waals surface area contributed by atoms with Crippen LogP contribution in [0.4, 0.5) is 0 Å². The summed E-state index contributed by atoms with van der Waals surface area (Å²) in [5.41, 5.74) is 4.94. The summed E-state index contributed by atoms with van der Waals surface area (Å²) >= 11 is 0. The highest BCUT2D eigenvalue weighted by molar-refractivity contribution is 5.75. The fourth-order valence-electron chi connectivity index (χ4n) is 1.34. The smallest absolute Gasteiger partial charge is 0.231 e. The largest absolute Gasteiger partial charge is 0.392 e. The molecule has 0 radical (unpaired) electrons. The van der Waals surface area contributed by atoms with E-state index in [1.54, 1.807) is 0 Å². The van der Waals surface area contributed by atoms with Crippen molar-refractivity contribution in [3.8, 4) is 0 Å². The van der Waals surface area contributed by atoms with Gasteiger partial charge in [-0.2, -0.15) is 0 Å². The molecule has 0 aliphatic rings. The first-order chi connectivity index (χ1) is 6.11. The van der Waals surface area contributed by atoms with Crippen LogP contribution in [0, 0.1) is 5.92 Å². The van der Waals surface area contributed by atoms with Gasteiger partial charge in [-0.3, -0.25) is 4.79 Å². The molecule has 13 heavy (non-hydrogen) atoms. The first-order valence-electron chi connectivity index (χ1n) is 4.78. The summed E-state index contributed by atoms with van der Waals surface area (Å²) < 4.78 is 0. The van der Waals surface area contributed by atoms with E-state index in [-0.39, 0.29) is 12.6 Å². The van der Waals surface area contributed by atoms with E-state index in [0.29, 0.717) is 12.5 Å². The third kappa shape index (κ3) is 5.60. The second-order valence-corrected chi connectivity index (χ2v) is 3.24. The Kier molecular flexibility index (Phi) is 6.54. The molecule has 0 rings (SSSR count). The molecule has 0 fully saturated rings. The molecule has 0 aliphatic heterocycles. The van der Waals surface area contributed by atoms with Crippen molar-refractivity contribution in [2.24, 2.45) is 11.7 Å². The number of primary amides is 1. The van der Waals surface area contributed by atoms with E-state index in [1.165, 1.54) is 0 Å². The normalized spacial score (nSPS) is 13.2. The van der Waals surface area contributed by atoms with E-state index < -0.39 is 5.91 Å². The number of carbonyl (C=O) groups excluding carboxylic acids is 1. The molecule has 0 heterocycles. The second kappa shape index (κ2) is 6.86. The van der Waals surface area contributed by atoms with E-state index in [1.807, 2.05) is 13.8 Å². The maximum atomic E-state index is 10.4. The Morgan fingerprint density at radius 1 is 1.46 bits per heavy atom. The van der Waals surface area contributed by atoms with Gasteiger partial charge in [0.2, 0.25) is 5.91 Å². The van der Waals surface area contributed by atoms with Gasteiger partial charge in [0.15, 0.2) is 0 Å². The standard InChI is InChI=1S/C9H20N2O2/c1-3-7(4-2)8(12)5-11-6-9(10)13/h7-8,11-12H,3-6H2,1-2H3,(H2,10,13). The number of nitrogens with two attached hydrogens (primary N) is 1. The van der Waals surface area contributed by atoms with Crippen molar-refractivity contribution < 1.29 is 9.90 Å². The zero-order chi connectivity index (χ0) is 10.3. The van der Waals surface area contributed by atoms with Gasteiger partial charge in [-0.15, -0.1) is 0 Å². The number of rotatable bonds is 7. The van der Waals surface area contributed by atoms with Gasteiger partial charge in [0.1, 0.15) is 0 Å². The zero-order valence-corrected chi connectivity index (χ0v) is 8.42. The van der Waals surface area contributed by atoms with Crippen molar-refractivity contribution in [3.05, 3.63) is 0 Å². The molecule has 0 saturated heterocycles. The Labute approximate surface area is 79.5 Å². The maximum Gasteiger partial charge on any atom is 0.231 e. The van der Waals surface area contributed by atoms with Gasteiger partial charge >= 0.3 is 0 Å². The van der Waals surface area contributed by atoms with Gasteiger partial charge in [-0.1, -0.05) is 26.7 Å². The second-order valence-electron chi connectivity index (χ2n) is 3.24. The number of aliphatic hydroxyl groups is 1. The van der Waals surface area contributed by atoms with Crippen LogP contribution in [-0.2, 0) is 4.79 Å². The van der Waals surface area contributed by atoms with Gasteiger partial charge in [0, 0.05) is 6.54 Å². The van der Waals surface area contributed by atoms with Crippen molar-refractivity contribution in [1.29, 1.82) is 0 Å². The molecule has 0 aliphatic carbocycles. The molecular formula is C9H20N2O2. The predicted molar refractivity (Wildman–Crippen MR) is 52.1 cm³/mol. The summed E-state index contributed by atoms with van der Waals surface area (Å²) in [5.74, 6) is -0.0860. The molecule has 78 valence electrons. The molecule has 0 aromatic rings. The molecule has 1 atom stereocenters. The summed E-state index contributed by atoms with van der Waals surface area (Å²) in [6.07, 6.45) is 1.53. The Morgan fingerprint density at radius 3 is 2.38 bits per heavy atom. The molecule has 1 unspecified atom stereocenters. The summed E-state index contributed by atoms with van der Waals surface area (Å²) in [5, 5.41) is 12.4. The minimum Gasteiger partial charge on any atom is -0.392 e. The summed E-state index contributed by atoms with van der Waals surface area (Å²) in [7, 11) is 0.